The lowest BCUT2D eigenvalue weighted by atomic mass is 10.1. The zero-order valence-electron chi connectivity index (χ0n) is 36.7. The van der Waals surface area contributed by atoms with Crippen LogP contribution in [-0.2, 0) is 34.3 Å². The number of nitrogens with two attached hydrogens (primary N) is 2. The number of nitrogens with one attached hydrogen (secondary N) is 4. The van der Waals surface area contributed by atoms with Crippen molar-refractivity contribution in [3.05, 3.63) is 167 Å². The molecule has 0 spiro atoms. The average molecular weight is 933 g/mol. The van der Waals surface area contributed by atoms with Gasteiger partial charge in [-0.2, -0.15) is 0 Å². The summed E-state index contributed by atoms with van der Waals surface area (Å²) < 4.78 is 65.9. The molecule has 2 aromatic heterocycles. The molecule has 7 aromatic rings. The quantitative estimate of drug-likeness (QED) is 0.0709. The van der Waals surface area contributed by atoms with Gasteiger partial charge >= 0.3 is 11.9 Å². The molecule has 66 heavy (non-hydrogen) atoms. The van der Waals surface area contributed by atoms with Gasteiger partial charge in [-0.15, -0.1) is 0 Å². The van der Waals surface area contributed by atoms with E-state index in [4.69, 9.17) is 11.5 Å². The van der Waals surface area contributed by atoms with E-state index in [2.05, 4.69) is 31.2 Å². The van der Waals surface area contributed by atoms with E-state index in [1.807, 2.05) is 78.2 Å². The van der Waals surface area contributed by atoms with Gasteiger partial charge in [0.2, 0.25) is 11.6 Å². The number of benzene rings is 5. The number of aromatic nitrogens is 4. The molecule has 0 aliphatic carbocycles. The van der Waals surface area contributed by atoms with Crippen molar-refractivity contribution in [2.75, 3.05) is 32.7 Å². The van der Waals surface area contributed by atoms with Crippen LogP contribution < -0.4 is 41.9 Å². The van der Waals surface area contributed by atoms with Crippen LogP contribution in [0.25, 0.3) is 0 Å². The van der Waals surface area contributed by atoms with Crippen molar-refractivity contribution < 1.29 is 44.7 Å². The number of hydrogen-bond donors (Lipinski definition) is 6. The molecule has 7 rings (SSSR count). The molecular formula is C46H48N10O8S2. The summed E-state index contributed by atoms with van der Waals surface area (Å²) in [6.07, 6.45) is 0. The lowest BCUT2D eigenvalue weighted by Crippen LogP contribution is -2.36. The largest absolute Gasteiger partial charge is 0.744 e. The van der Waals surface area contributed by atoms with Gasteiger partial charge in [0.15, 0.2) is 0 Å². The smallest absolute Gasteiger partial charge is 0.391 e. The number of amides is 2. The molecule has 0 radical (unpaired) electrons. The van der Waals surface area contributed by atoms with Gasteiger partial charge in [-0.25, -0.2) is 26.0 Å². The fraction of sp³-hybridized carbons (Fsp3) is 0.130. The van der Waals surface area contributed by atoms with Gasteiger partial charge in [0.05, 0.1) is 35.3 Å². The molecule has 5 aromatic carbocycles. The third kappa shape index (κ3) is 14.1. The summed E-state index contributed by atoms with van der Waals surface area (Å²) in [6.45, 7) is 7.53. The van der Waals surface area contributed by atoms with E-state index < -0.39 is 20.2 Å². The fourth-order valence-electron chi connectivity index (χ4n) is 5.70. The lowest BCUT2D eigenvalue weighted by Gasteiger charge is -2.10. The van der Waals surface area contributed by atoms with E-state index in [0.717, 1.165) is 33.9 Å². The Kier molecular flexibility index (Phi) is 15.9. The van der Waals surface area contributed by atoms with Crippen LogP contribution in [0.4, 0.5) is 46.3 Å². The number of nitrogen functional groups attached to an aromatic ring is 2. The molecule has 0 saturated carbocycles. The summed E-state index contributed by atoms with van der Waals surface area (Å²) in [7, 11) is -4.84. The van der Waals surface area contributed by atoms with Crippen LogP contribution in [0, 0.1) is 27.7 Å². The van der Waals surface area contributed by atoms with Gasteiger partial charge in [-0.1, -0.05) is 45.4 Å². The molecule has 18 nitrogen and oxygen atoms in total. The summed E-state index contributed by atoms with van der Waals surface area (Å²) in [5, 5.41) is 12.2. The Hall–Kier alpha value is -7.78. The molecular weight excluding hydrogens is 885 g/mol. The lowest BCUT2D eigenvalue weighted by molar-refractivity contribution is -0.665. The number of carbonyl (C=O) groups is 2. The molecule has 342 valence electrons. The molecule has 0 saturated heterocycles. The monoisotopic (exact) mass is 932 g/mol. The van der Waals surface area contributed by atoms with Crippen LogP contribution in [0.5, 0.6) is 0 Å². The number of aryl methyl sites for hydroxylation is 4. The summed E-state index contributed by atoms with van der Waals surface area (Å²) in [5.41, 5.74) is 19.4. The molecule has 0 aliphatic heterocycles. The maximum Gasteiger partial charge on any atom is 0.391 e. The first kappa shape index (κ1) is 49.2. The number of hydrogen-bond acceptors (Lipinski definition) is 14. The molecule has 0 bridgehead atoms. The Morgan fingerprint density at radius 2 is 0.773 bits per heavy atom. The molecule has 0 atom stereocenters. The van der Waals surface area contributed by atoms with Crippen LogP contribution in [0.15, 0.2) is 143 Å². The first-order chi connectivity index (χ1) is 31.0. The second kappa shape index (κ2) is 21.3. The van der Waals surface area contributed by atoms with Gasteiger partial charge in [0.1, 0.15) is 20.2 Å². The zero-order valence-corrected chi connectivity index (χ0v) is 38.4. The third-order valence-electron chi connectivity index (χ3n) is 9.77. The Balaban J connectivity index is 0.000000301. The first-order valence-electron chi connectivity index (χ1n) is 19.8. The minimum absolute atomic E-state index is 0.178. The second-order valence-corrected chi connectivity index (χ2v) is 17.6. The Morgan fingerprint density at radius 1 is 0.485 bits per heavy atom. The van der Waals surface area contributed by atoms with Crippen LogP contribution in [0.3, 0.4) is 0 Å². The van der Waals surface area contributed by atoms with Crippen LogP contribution in [0.1, 0.15) is 43.2 Å². The van der Waals surface area contributed by atoms with Crippen LogP contribution in [-0.4, -0.2) is 47.7 Å². The number of rotatable bonds is 10. The summed E-state index contributed by atoms with van der Waals surface area (Å²) in [4.78, 5) is 33.9. The molecule has 2 heterocycles. The SMILES string of the molecule is Cc1cc(Nc2ccc(NC(=O)c3ccc(C(=O)Nc4ccc(Nc5cc(C)[n+](C)c(N)n5)cc4)cc3)cc2)nc(N)[n+]1C.Cc1ccc(S(=O)(=O)[O-])cc1.Cc1ccc(S(=O)(=O)[O-])cc1. The topological polar surface area (TPSA) is 282 Å². The average Bonchev–Trinajstić information content (AvgIpc) is 3.26. The fourth-order valence-corrected chi connectivity index (χ4v) is 6.64. The number of nitrogens with zero attached hydrogens (tertiary/aromatic N) is 4. The van der Waals surface area contributed by atoms with Crippen molar-refractivity contribution in [2.24, 2.45) is 14.1 Å². The van der Waals surface area contributed by atoms with Crippen molar-refractivity contribution in [1.29, 1.82) is 0 Å². The molecule has 20 heteroatoms. The Morgan fingerprint density at radius 3 is 1.05 bits per heavy atom. The van der Waals surface area contributed by atoms with Gasteiger partial charge in [0.25, 0.3) is 11.8 Å². The highest BCUT2D eigenvalue weighted by Gasteiger charge is 2.14. The summed E-state index contributed by atoms with van der Waals surface area (Å²) >= 11 is 0. The Labute approximate surface area is 382 Å². The highest BCUT2D eigenvalue weighted by molar-refractivity contribution is 7.86. The van der Waals surface area contributed by atoms with Crippen molar-refractivity contribution in [3.8, 4) is 0 Å². The molecule has 8 N–H and O–H groups in total. The first-order valence-corrected chi connectivity index (χ1v) is 22.7. The number of anilines is 8. The van der Waals surface area contributed by atoms with Crippen molar-refractivity contribution in [1.82, 2.24) is 9.97 Å². The zero-order chi connectivity index (χ0) is 48.3. The predicted octanol–water partition coefficient (Wildman–Crippen LogP) is 5.70. The van der Waals surface area contributed by atoms with E-state index in [1.165, 1.54) is 24.3 Å². The minimum atomic E-state index is -4.27. The second-order valence-electron chi connectivity index (χ2n) is 14.8. The predicted molar refractivity (Wildman–Crippen MR) is 249 cm³/mol. The normalized spacial score (nSPS) is 10.9. The summed E-state index contributed by atoms with van der Waals surface area (Å²) in [5.74, 6) is 1.48. The maximum atomic E-state index is 12.8. The van der Waals surface area contributed by atoms with E-state index >= 15 is 0 Å². The van der Waals surface area contributed by atoms with Crippen molar-refractivity contribution in [2.45, 2.75) is 37.5 Å². The maximum absolute atomic E-state index is 12.8. The molecule has 2 amide bonds. The molecule has 0 aliphatic rings. The van der Waals surface area contributed by atoms with E-state index in [0.29, 0.717) is 46.0 Å². The molecule has 0 unspecified atom stereocenters. The standard InChI is InChI=1S/C32H32N10O2.2C7H8O3S/c1-19-17-27(39-31(33)41(19)3)35-23-9-13-25(14-10-23)37-29(43)21-5-7-22(8-6-21)30(44)38-26-15-11-24(12-16-26)36-28-18-20(2)42(4)32(34)40-28;2*1-6-2-4-7(5-3-6)11(8,9)10/h5-18H,1-4H3,(H6,33,34,35,36,37,38,39,40,43,44);2*2-5H,1H3,(H,8,9,10). The van der Waals surface area contributed by atoms with Gasteiger partial charge in [0, 0.05) is 46.0 Å². The third-order valence-corrected chi connectivity index (χ3v) is 11.5. The van der Waals surface area contributed by atoms with Gasteiger partial charge in [-0.3, -0.25) is 21.1 Å². The van der Waals surface area contributed by atoms with Crippen LogP contribution in [0.2, 0.25) is 0 Å². The van der Waals surface area contributed by atoms with Gasteiger partial charge in [-0.05, 0) is 125 Å². The van der Waals surface area contributed by atoms with E-state index in [-0.39, 0.29) is 21.6 Å². The Bertz CT molecular complexity index is 2810. The van der Waals surface area contributed by atoms with Crippen LogP contribution >= 0.6 is 0 Å². The van der Waals surface area contributed by atoms with E-state index in [1.54, 1.807) is 81.9 Å². The van der Waals surface area contributed by atoms with Gasteiger partial charge < -0.3 is 30.4 Å². The highest BCUT2D eigenvalue weighted by atomic mass is 32.2. The summed E-state index contributed by atoms with van der Waals surface area (Å²) in [6, 6.07) is 36.3. The van der Waals surface area contributed by atoms with E-state index in [9.17, 15) is 35.5 Å². The highest BCUT2D eigenvalue weighted by Crippen LogP contribution is 2.21. The van der Waals surface area contributed by atoms with Crippen molar-refractivity contribution >= 4 is 78.3 Å². The van der Waals surface area contributed by atoms with Crippen molar-refractivity contribution in [3.63, 3.8) is 0 Å². The molecule has 0 fully saturated rings. The number of carbonyl (C=O) groups excluding carboxylic acids is 2. The minimum Gasteiger partial charge on any atom is -0.744 e.